The van der Waals surface area contributed by atoms with Gasteiger partial charge in [-0.25, -0.2) is 0 Å². The van der Waals surface area contributed by atoms with Gasteiger partial charge in [-0.05, 0) is 42.7 Å². The fourth-order valence-corrected chi connectivity index (χ4v) is 3.29. The fraction of sp³-hybridized carbons (Fsp3) is 0.400. The maximum atomic E-state index is 11.9. The second-order valence-corrected chi connectivity index (χ2v) is 7.73. The van der Waals surface area contributed by atoms with E-state index in [1.165, 1.54) is 43.5 Å². The zero-order chi connectivity index (χ0) is 19.0. The first-order valence-electron chi connectivity index (χ1n) is 8.96. The molecule has 0 aliphatic carbocycles. The molecule has 0 saturated heterocycles. The fourth-order valence-electron chi connectivity index (χ4n) is 2.76. The first kappa shape index (κ1) is 24.6. The van der Waals surface area contributed by atoms with Crippen LogP contribution in [0.1, 0.15) is 51.0 Å². The van der Waals surface area contributed by atoms with E-state index in [0.29, 0.717) is 17.7 Å². The minimum absolute atomic E-state index is 0. The van der Waals surface area contributed by atoms with Crippen LogP contribution in [0.5, 0.6) is 17.2 Å². The summed E-state index contributed by atoms with van der Waals surface area (Å²) in [5.74, 6) is 0.391. The zero-order valence-electron chi connectivity index (χ0n) is 16.0. The number of hydrogen-bond donors (Lipinski definition) is 1. The van der Waals surface area contributed by atoms with Crippen LogP contribution in [0.15, 0.2) is 47.4 Å². The van der Waals surface area contributed by atoms with E-state index in [0.717, 1.165) is 19.3 Å². The van der Waals surface area contributed by atoms with Crippen molar-refractivity contribution in [2.75, 3.05) is 0 Å². The van der Waals surface area contributed by atoms with Crippen LogP contribution in [0.4, 0.5) is 0 Å². The Bertz CT molecular complexity index is 821. The van der Waals surface area contributed by atoms with Gasteiger partial charge in [-0.2, -0.15) is 8.42 Å². The molecule has 5 nitrogen and oxygen atoms in total. The number of unbranched alkanes of at least 4 members (excludes halogenated alkanes) is 5. The Hall–Kier alpha value is -0.414. The minimum Gasteiger partial charge on any atom is -0.870 e. The molecule has 0 spiro atoms. The van der Waals surface area contributed by atoms with Gasteiger partial charge in [0, 0.05) is 0 Å². The molecule has 1 N–H and O–H groups in total. The predicted octanol–water partition coefficient (Wildman–Crippen LogP) is 1.71. The van der Waals surface area contributed by atoms with Crippen molar-refractivity contribution in [3.05, 3.63) is 48.0 Å². The van der Waals surface area contributed by atoms with Gasteiger partial charge in [-0.1, -0.05) is 63.0 Å². The van der Waals surface area contributed by atoms with Gasteiger partial charge in [0.05, 0.1) is 4.90 Å². The molecule has 2 aromatic carbocycles. The molecular formula is C20H25KO5S. The second kappa shape index (κ2) is 12.2. The summed E-state index contributed by atoms with van der Waals surface area (Å²) in [6.45, 7) is 2.16. The van der Waals surface area contributed by atoms with Crippen molar-refractivity contribution in [1.29, 1.82) is 0 Å². The van der Waals surface area contributed by atoms with E-state index >= 15 is 0 Å². The number of para-hydroxylation sites is 2. The maximum absolute atomic E-state index is 11.9. The molecule has 0 fully saturated rings. The molecule has 2 aromatic rings. The van der Waals surface area contributed by atoms with Crippen molar-refractivity contribution in [2.24, 2.45) is 0 Å². The van der Waals surface area contributed by atoms with Gasteiger partial charge in [-0.3, -0.25) is 4.55 Å². The van der Waals surface area contributed by atoms with Crippen LogP contribution in [0.25, 0.3) is 0 Å². The Morgan fingerprint density at radius 2 is 1.63 bits per heavy atom. The summed E-state index contributed by atoms with van der Waals surface area (Å²) in [5.41, 5.74) is 0.666. The molecule has 0 heterocycles. The predicted molar refractivity (Wildman–Crippen MR) is 99.3 cm³/mol. The van der Waals surface area contributed by atoms with E-state index < -0.39 is 10.1 Å². The summed E-state index contributed by atoms with van der Waals surface area (Å²) in [7, 11) is -4.28. The van der Waals surface area contributed by atoms with Gasteiger partial charge in [0.25, 0.3) is 10.1 Å². The summed E-state index contributed by atoms with van der Waals surface area (Å²) in [6.07, 6.45) is 7.25. The summed E-state index contributed by atoms with van der Waals surface area (Å²) in [6, 6.07) is 10.5. The third-order valence-corrected chi connectivity index (χ3v) is 5.05. The Morgan fingerprint density at radius 1 is 0.963 bits per heavy atom. The van der Waals surface area contributed by atoms with Gasteiger partial charge in [-0.15, -0.1) is 0 Å². The molecule has 0 bridgehead atoms. The summed E-state index contributed by atoms with van der Waals surface area (Å²) in [5, 5.41) is 11.9. The van der Waals surface area contributed by atoms with Crippen molar-refractivity contribution in [1.82, 2.24) is 0 Å². The molecule has 0 saturated carbocycles. The number of benzene rings is 2. The topological polar surface area (TPSA) is 86.7 Å². The van der Waals surface area contributed by atoms with Crippen LogP contribution in [0.2, 0.25) is 0 Å². The minimum atomic E-state index is -4.28. The standard InChI is InChI=1S/C20H26O5S.K/c1-2-3-4-5-6-7-10-16-15-17(26(22,23)24)13-14-19(16)25-20-12-9-8-11-18(20)21;/h8-9,11-15,21H,2-7,10H2,1H3,(H,22,23,24);/q;+1/p-1. The van der Waals surface area contributed by atoms with E-state index in [1.807, 2.05) is 0 Å². The normalized spacial score (nSPS) is 11.0. The van der Waals surface area contributed by atoms with Crippen LogP contribution < -0.4 is 61.2 Å². The van der Waals surface area contributed by atoms with Crippen LogP contribution in [-0.4, -0.2) is 13.0 Å². The monoisotopic (exact) mass is 416 g/mol. The molecule has 0 aromatic heterocycles. The molecule has 0 aliphatic heterocycles. The molecule has 0 atom stereocenters. The molecular weight excluding hydrogens is 391 g/mol. The van der Waals surface area contributed by atoms with Gasteiger partial charge < -0.3 is 9.84 Å². The summed E-state index contributed by atoms with van der Waals surface area (Å²) in [4.78, 5) is -0.166. The van der Waals surface area contributed by atoms with Crippen molar-refractivity contribution < 1.29 is 74.2 Å². The van der Waals surface area contributed by atoms with Crippen LogP contribution in [-0.2, 0) is 16.5 Å². The Morgan fingerprint density at radius 3 is 2.30 bits per heavy atom. The molecule has 2 rings (SSSR count). The molecule has 0 aliphatic rings. The van der Waals surface area contributed by atoms with Crippen molar-refractivity contribution in [2.45, 2.75) is 56.8 Å². The van der Waals surface area contributed by atoms with E-state index in [9.17, 15) is 18.1 Å². The Balaban J connectivity index is 0.00000364. The van der Waals surface area contributed by atoms with Crippen LogP contribution in [0, 0.1) is 0 Å². The average Bonchev–Trinajstić information content (AvgIpc) is 2.60. The smallest absolute Gasteiger partial charge is 0.870 e. The van der Waals surface area contributed by atoms with Crippen molar-refractivity contribution >= 4 is 10.1 Å². The number of ether oxygens (including phenoxy) is 1. The first-order valence-corrected chi connectivity index (χ1v) is 10.4. The molecule has 142 valence electrons. The van der Waals surface area contributed by atoms with E-state index in [1.54, 1.807) is 18.2 Å². The maximum Gasteiger partial charge on any atom is 1.00 e. The Labute approximate surface area is 204 Å². The summed E-state index contributed by atoms with van der Waals surface area (Å²) < 4.78 is 37.8. The molecule has 0 amide bonds. The quantitative estimate of drug-likeness (QED) is 0.362. The van der Waals surface area contributed by atoms with Crippen molar-refractivity contribution in [3.8, 4) is 17.2 Å². The molecule has 7 heteroatoms. The third-order valence-electron chi connectivity index (χ3n) is 4.20. The first-order chi connectivity index (χ1) is 12.4. The van der Waals surface area contributed by atoms with Gasteiger partial charge in [0.2, 0.25) is 0 Å². The van der Waals surface area contributed by atoms with E-state index in [4.69, 9.17) is 4.74 Å². The van der Waals surface area contributed by atoms with Gasteiger partial charge in [0.15, 0.2) is 0 Å². The van der Waals surface area contributed by atoms with E-state index in [2.05, 4.69) is 6.92 Å². The summed E-state index contributed by atoms with van der Waals surface area (Å²) >= 11 is 0. The number of rotatable bonds is 10. The Kier molecular flexibility index (Phi) is 11.1. The SMILES string of the molecule is CCCCCCCCc1cc(S(=O)(=O)O)ccc1Oc1ccccc1[O-].[K+]. The van der Waals surface area contributed by atoms with Gasteiger partial charge in [0.1, 0.15) is 11.5 Å². The van der Waals surface area contributed by atoms with E-state index in [-0.39, 0.29) is 67.8 Å². The molecule has 0 radical (unpaired) electrons. The van der Waals surface area contributed by atoms with Crippen molar-refractivity contribution in [3.63, 3.8) is 0 Å². The largest absolute Gasteiger partial charge is 1.00 e. The van der Waals surface area contributed by atoms with Crippen LogP contribution in [0.3, 0.4) is 0 Å². The zero-order valence-corrected chi connectivity index (χ0v) is 19.9. The van der Waals surface area contributed by atoms with Crippen LogP contribution >= 0.6 is 0 Å². The number of hydrogen-bond acceptors (Lipinski definition) is 4. The number of aryl methyl sites for hydroxylation is 1. The molecule has 27 heavy (non-hydrogen) atoms. The third kappa shape index (κ3) is 8.23. The molecule has 0 unspecified atom stereocenters. The second-order valence-electron chi connectivity index (χ2n) is 6.31. The average molecular weight is 417 g/mol. The van der Waals surface area contributed by atoms with Gasteiger partial charge >= 0.3 is 51.4 Å².